The van der Waals surface area contributed by atoms with E-state index in [-0.39, 0.29) is 5.52 Å². The van der Waals surface area contributed by atoms with E-state index in [1.807, 2.05) is 0 Å². The van der Waals surface area contributed by atoms with Crippen molar-refractivity contribution >= 4 is 10.9 Å². The molecular formula is C12H10F3N3. The topological polar surface area (TPSA) is 51.8 Å². The van der Waals surface area contributed by atoms with Crippen LogP contribution in [-0.2, 0) is 11.7 Å². The van der Waals surface area contributed by atoms with Crippen LogP contribution in [0.4, 0.5) is 13.2 Å². The first-order chi connectivity index (χ1) is 8.38. The predicted octanol–water partition coefficient (Wildman–Crippen LogP) is 2.60. The van der Waals surface area contributed by atoms with Gasteiger partial charge in [-0.05, 0) is 25.0 Å². The van der Waals surface area contributed by atoms with Gasteiger partial charge >= 0.3 is 6.18 Å². The fourth-order valence-corrected chi connectivity index (χ4v) is 1.80. The Balaban J connectivity index is 2.13. The van der Waals surface area contributed by atoms with Gasteiger partial charge in [0, 0.05) is 11.6 Å². The third-order valence-corrected chi connectivity index (χ3v) is 3.14. The monoisotopic (exact) mass is 253 g/mol. The summed E-state index contributed by atoms with van der Waals surface area (Å²) < 4.78 is 37.8. The van der Waals surface area contributed by atoms with Crippen LogP contribution >= 0.6 is 0 Å². The number of nitrogens with two attached hydrogens (primary N) is 1. The van der Waals surface area contributed by atoms with Crippen LogP contribution in [0.2, 0.25) is 0 Å². The molecule has 2 aromatic rings. The van der Waals surface area contributed by atoms with Crippen LogP contribution in [0.5, 0.6) is 0 Å². The van der Waals surface area contributed by atoms with Gasteiger partial charge in [-0.15, -0.1) is 0 Å². The lowest BCUT2D eigenvalue weighted by molar-refractivity contribution is -0.137. The highest BCUT2D eigenvalue weighted by Crippen LogP contribution is 2.41. The zero-order valence-electron chi connectivity index (χ0n) is 9.33. The molecule has 3 rings (SSSR count). The molecule has 0 aliphatic heterocycles. The molecule has 0 amide bonds. The predicted molar refractivity (Wildman–Crippen MR) is 59.6 cm³/mol. The number of aromatic nitrogens is 2. The summed E-state index contributed by atoms with van der Waals surface area (Å²) in [4.78, 5) is 8.26. The van der Waals surface area contributed by atoms with Gasteiger partial charge in [-0.25, -0.2) is 9.97 Å². The summed E-state index contributed by atoms with van der Waals surface area (Å²) in [5.74, 6) is 0.425. The molecule has 1 aliphatic carbocycles. The molecule has 0 atom stereocenters. The van der Waals surface area contributed by atoms with Crippen LogP contribution in [0.15, 0.2) is 24.4 Å². The molecule has 0 saturated heterocycles. The van der Waals surface area contributed by atoms with Crippen LogP contribution in [0.3, 0.4) is 0 Å². The lowest BCUT2D eigenvalue weighted by Gasteiger charge is -2.10. The summed E-state index contributed by atoms with van der Waals surface area (Å²) in [6.45, 7) is 0. The average molecular weight is 253 g/mol. The van der Waals surface area contributed by atoms with Gasteiger partial charge in [-0.2, -0.15) is 13.2 Å². The summed E-state index contributed by atoms with van der Waals surface area (Å²) in [6, 6.07) is 3.44. The zero-order valence-corrected chi connectivity index (χ0v) is 9.33. The fraction of sp³-hybridized carbons (Fsp3) is 0.333. The molecule has 3 nitrogen and oxygen atoms in total. The second-order valence-corrected chi connectivity index (χ2v) is 4.62. The van der Waals surface area contributed by atoms with Crippen molar-refractivity contribution in [2.24, 2.45) is 5.73 Å². The molecule has 6 heteroatoms. The first-order valence-electron chi connectivity index (χ1n) is 5.52. The maximum absolute atomic E-state index is 12.6. The Morgan fingerprint density at radius 3 is 2.56 bits per heavy atom. The quantitative estimate of drug-likeness (QED) is 0.849. The van der Waals surface area contributed by atoms with Gasteiger partial charge < -0.3 is 5.73 Å². The van der Waals surface area contributed by atoms with Crippen molar-refractivity contribution in [1.82, 2.24) is 9.97 Å². The van der Waals surface area contributed by atoms with Gasteiger partial charge in [0.2, 0.25) is 0 Å². The third-order valence-electron chi connectivity index (χ3n) is 3.14. The van der Waals surface area contributed by atoms with E-state index in [0.29, 0.717) is 11.2 Å². The Labute approximate surface area is 101 Å². The van der Waals surface area contributed by atoms with Gasteiger partial charge in [0.25, 0.3) is 0 Å². The first kappa shape index (κ1) is 11.4. The van der Waals surface area contributed by atoms with Crippen molar-refractivity contribution < 1.29 is 13.2 Å². The Bertz CT molecular complexity index is 577. The second kappa shape index (κ2) is 3.41. The molecule has 1 fully saturated rings. The van der Waals surface area contributed by atoms with Gasteiger partial charge in [-0.1, -0.05) is 6.07 Å². The van der Waals surface area contributed by atoms with Gasteiger partial charge in [0.05, 0.1) is 16.6 Å². The summed E-state index contributed by atoms with van der Waals surface area (Å²) in [5, 5.41) is 0.580. The number of hydrogen-bond acceptors (Lipinski definition) is 3. The van der Waals surface area contributed by atoms with E-state index in [9.17, 15) is 13.2 Å². The van der Waals surface area contributed by atoms with E-state index in [0.717, 1.165) is 25.0 Å². The average Bonchev–Trinajstić information content (AvgIpc) is 3.06. The molecule has 18 heavy (non-hydrogen) atoms. The molecule has 94 valence electrons. The highest BCUT2D eigenvalue weighted by atomic mass is 19.4. The van der Waals surface area contributed by atoms with E-state index in [2.05, 4.69) is 9.97 Å². The van der Waals surface area contributed by atoms with Crippen LogP contribution < -0.4 is 5.73 Å². The minimum atomic E-state index is -4.36. The zero-order chi connectivity index (χ0) is 13.0. The number of fused-ring (bicyclic) bond motifs is 1. The van der Waals surface area contributed by atoms with E-state index in [1.165, 1.54) is 12.3 Å². The van der Waals surface area contributed by atoms with Crippen molar-refractivity contribution in [2.75, 3.05) is 0 Å². The Kier molecular flexibility index (Phi) is 2.16. The van der Waals surface area contributed by atoms with Crippen molar-refractivity contribution in [3.63, 3.8) is 0 Å². The van der Waals surface area contributed by atoms with Crippen molar-refractivity contribution in [3.05, 3.63) is 35.8 Å². The Morgan fingerprint density at radius 2 is 1.94 bits per heavy atom. The highest BCUT2D eigenvalue weighted by molar-refractivity contribution is 5.78. The summed E-state index contributed by atoms with van der Waals surface area (Å²) >= 11 is 0. The van der Waals surface area contributed by atoms with E-state index < -0.39 is 17.3 Å². The summed E-state index contributed by atoms with van der Waals surface area (Å²) in [7, 11) is 0. The smallest absolute Gasteiger partial charge is 0.319 e. The van der Waals surface area contributed by atoms with Gasteiger partial charge in [0.1, 0.15) is 5.82 Å². The third kappa shape index (κ3) is 1.82. The van der Waals surface area contributed by atoms with Crippen molar-refractivity contribution in [1.29, 1.82) is 0 Å². The van der Waals surface area contributed by atoms with Crippen LogP contribution in [0.1, 0.15) is 24.2 Å². The Morgan fingerprint density at radius 1 is 1.22 bits per heavy atom. The number of nitrogens with zero attached hydrogens (tertiary/aromatic N) is 2. The number of halogens is 3. The minimum Gasteiger partial charge on any atom is -0.319 e. The highest BCUT2D eigenvalue weighted by Gasteiger charge is 2.43. The van der Waals surface area contributed by atoms with E-state index in [4.69, 9.17) is 5.73 Å². The summed E-state index contributed by atoms with van der Waals surface area (Å²) in [5.41, 5.74) is 4.97. The number of hydrogen-bond donors (Lipinski definition) is 1. The molecule has 0 unspecified atom stereocenters. The Hall–Kier alpha value is -1.69. The molecular weight excluding hydrogens is 243 g/mol. The second-order valence-electron chi connectivity index (χ2n) is 4.62. The molecule has 0 radical (unpaired) electrons. The largest absolute Gasteiger partial charge is 0.416 e. The molecule has 1 saturated carbocycles. The standard InChI is InChI=1S/C12H10F3N3/c13-12(14,15)8-2-1-7-6-17-10(11(16)3-4-11)18-9(7)5-8/h1-2,5-6H,3-4,16H2. The van der Waals surface area contributed by atoms with Crippen LogP contribution in [0, 0.1) is 0 Å². The summed E-state index contributed by atoms with van der Waals surface area (Å²) in [6.07, 6.45) is -1.29. The lowest BCUT2D eigenvalue weighted by atomic mass is 10.1. The maximum atomic E-state index is 12.6. The first-order valence-corrected chi connectivity index (χ1v) is 5.52. The fourth-order valence-electron chi connectivity index (χ4n) is 1.80. The number of alkyl halides is 3. The lowest BCUT2D eigenvalue weighted by Crippen LogP contribution is -2.22. The van der Waals surface area contributed by atoms with Crippen LogP contribution in [-0.4, -0.2) is 9.97 Å². The minimum absolute atomic E-state index is 0.284. The molecule has 0 bridgehead atoms. The van der Waals surface area contributed by atoms with E-state index in [1.54, 1.807) is 0 Å². The molecule has 1 aromatic heterocycles. The normalized spacial score (nSPS) is 18.0. The van der Waals surface area contributed by atoms with Gasteiger partial charge in [-0.3, -0.25) is 0 Å². The van der Waals surface area contributed by atoms with Crippen LogP contribution in [0.25, 0.3) is 10.9 Å². The molecule has 1 aliphatic rings. The van der Waals surface area contributed by atoms with Crippen molar-refractivity contribution in [3.8, 4) is 0 Å². The molecule has 0 spiro atoms. The molecule has 1 aromatic carbocycles. The van der Waals surface area contributed by atoms with E-state index >= 15 is 0 Å². The SMILES string of the molecule is NC1(c2ncc3ccc(C(F)(F)F)cc3n2)CC1. The molecule has 1 heterocycles. The number of benzene rings is 1. The van der Waals surface area contributed by atoms with Crippen molar-refractivity contribution in [2.45, 2.75) is 24.6 Å². The maximum Gasteiger partial charge on any atom is 0.416 e. The van der Waals surface area contributed by atoms with Gasteiger partial charge in [0.15, 0.2) is 0 Å². The molecule has 2 N–H and O–H groups in total. The number of rotatable bonds is 1.